The summed E-state index contributed by atoms with van der Waals surface area (Å²) in [5.41, 5.74) is 2.13. The Balaban J connectivity index is 1.57. The van der Waals surface area contributed by atoms with Crippen LogP contribution in [0.2, 0.25) is 0 Å². The number of amides is 1. The standard InChI is InChI=1S/C20H23FN2O/c1-15(17-5-3-2-4-6-17)22-20(24)14-23(19-11-12-19)13-16-7-9-18(21)10-8-16/h2-10,15,19H,11-14H2,1H3,(H,22,24)/t15-/m0/s1. The molecule has 1 saturated carbocycles. The van der Waals surface area contributed by atoms with Gasteiger partial charge < -0.3 is 5.32 Å². The molecule has 3 nitrogen and oxygen atoms in total. The third kappa shape index (κ3) is 4.65. The first-order chi connectivity index (χ1) is 11.6. The number of carbonyl (C=O) groups is 1. The Morgan fingerprint density at radius 2 is 1.83 bits per heavy atom. The van der Waals surface area contributed by atoms with Crippen molar-refractivity contribution in [1.82, 2.24) is 10.2 Å². The molecule has 1 fully saturated rings. The summed E-state index contributed by atoms with van der Waals surface area (Å²) in [7, 11) is 0. The van der Waals surface area contributed by atoms with E-state index in [9.17, 15) is 9.18 Å². The largest absolute Gasteiger partial charge is 0.348 e. The van der Waals surface area contributed by atoms with Crippen molar-refractivity contribution in [3.05, 3.63) is 71.5 Å². The van der Waals surface area contributed by atoms with Crippen molar-refractivity contribution in [2.45, 2.75) is 38.4 Å². The van der Waals surface area contributed by atoms with E-state index in [4.69, 9.17) is 0 Å². The smallest absolute Gasteiger partial charge is 0.234 e. The van der Waals surface area contributed by atoms with Crippen LogP contribution in [0.4, 0.5) is 4.39 Å². The van der Waals surface area contributed by atoms with E-state index >= 15 is 0 Å². The van der Waals surface area contributed by atoms with E-state index in [1.165, 1.54) is 12.1 Å². The molecule has 0 saturated heterocycles. The molecular weight excluding hydrogens is 303 g/mol. The van der Waals surface area contributed by atoms with Gasteiger partial charge in [0.25, 0.3) is 0 Å². The third-order valence-corrected chi connectivity index (χ3v) is 4.39. The number of halogens is 1. The summed E-state index contributed by atoms with van der Waals surface area (Å²) in [6.07, 6.45) is 2.26. The fraction of sp³-hybridized carbons (Fsp3) is 0.350. The van der Waals surface area contributed by atoms with Crippen LogP contribution in [0.25, 0.3) is 0 Å². The van der Waals surface area contributed by atoms with Crippen LogP contribution < -0.4 is 5.32 Å². The highest BCUT2D eigenvalue weighted by Crippen LogP contribution is 2.28. The Morgan fingerprint density at radius 3 is 2.46 bits per heavy atom. The van der Waals surface area contributed by atoms with E-state index in [1.807, 2.05) is 37.3 Å². The molecule has 0 radical (unpaired) electrons. The molecule has 4 heteroatoms. The molecule has 1 aliphatic carbocycles. The van der Waals surface area contributed by atoms with Crippen LogP contribution in [-0.2, 0) is 11.3 Å². The topological polar surface area (TPSA) is 32.3 Å². The maximum absolute atomic E-state index is 13.0. The first-order valence-corrected chi connectivity index (χ1v) is 8.44. The van der Waals surface area contributed by atoms with Crippen LogP contribution in [0.5, 0.6) is 0 Å². The monoisotopic (exact) mass is 326 g/mol. The van der Waals surface area contributed by atoms with Crippen molar-refractivity contribution >= 4 is 5.91 Å². The lowest BCUT2D eigenvalue weighted by atomic mass is 10.1. The van der Waals surface area contributed by atoms with Gasteiger partial charge in [0.1, 0.15) is 5.82 Å². The summed E-state index contributed by atoms with van der Waals surface area (Å²) in [5, 5.41) is 3.06. The Bertz CT molecular complexity index is 668. The van der Waals surface area contributed by atoms with Crippen LogP contribution in [0, 0.1) is 5.82 Å². The highest BCUT2D eigenvalue weighted by Gasteiger charge is 2.30. The number of rotatable bonds is 7. The molecule has 2 aromatic carbocycles. The molecule has 0 aliphatic heterocycles. The highest BCUT2D eigenvalue weighted by atomic mass is 19.1. The van der Waals surface area contributed by atoms with Crippen LogP contribution in [0.1, 0.15) is 36.9 Å². The van der Waals surface area contributed by atoms with Crippen LogP contribution in [0.15, 0.2) is 54.6 Å². The van der Waals surface area contributed by atoms with Crippen molar-refractivity contribution in [3.63, 3.8) is 0 Å². The Labute approximate surface area is 142 Å². The van der Waals surface area contributed by atoms with Crippen molar-refractivity contribution in [2.75, 3.05) is 6.54 Å². The second kappa shape index (κ2) is 7.58. The van der Waals surface area contributed by atoms with Gasteiger partial charge in [-0.15, -0.1) is 0 Å². The highest BCUT2D eigenvalue weighted by molar-refractivity contribution is 5.78. The zero-order valence-corrected chi connectivity index (χ0v) is 13.9. The van der Waals surface area contributed by atoms with Crippen molar-refractivity contribution < 1.29 is 9.18 Å². The average molecular weight is 326 g/mol. The van der Waals surface area contributed by atoms with E-state index < -0.39 is 0 Å². The van der Waals surface area contributed by atoms with Crippen LogP contribution in [0.3, 0.4) is 0 Å². The maximum atomic E-state index is 13.0. The van der Waals surface area contributed by atoms with Crippen molar-refractivity contribution in [1.29, 1.82) is 0 Å². The predicted molar refractivity (Wildman–Crippen MR) is 92.8 cm³/mol. The molecule has 1 amide bonds. The number of hydrogen-bond donors (Lipinski definition) is 1. The second-order valence-electron chi connectivity index (χ2n) is 6.46. The zero-order chi connectivity index (χ0) is 16.9. The van der Waals surface area contributed by atoms with Gasteiger partial charge in [0.05, 0.1) is 12.6 Å². The Hall–Kier alpha value is -2.20. The molecule has 1 aliphatic rings. The van der Waals surface area contributed by atoms with Gasteiger partial charge in [-0.1, -0.05) is 42.5 Å². The number of carbonyl (C=O) groups excluding carboxylic acids is 1. The molecular formula is C20H23FN2O. The van der Waals surface area contributed by atoms with Gasteiger partial charge >= 0.3 is 0 Å². The quantitative estimate of drug-likeness (QED) is 0.842. The molecule has 0 unspecified atom stereocenters. The summed E-state index contributed by atoms with van der Waals surface area (Å²) in [5.74, 6) is -0.202. The van der Waals surface area contributed by atoms with Crippen LogP contribution in [-0.4, -0.2) is 23.4 Å². The minimum absolute atomic E-state index is 0.00873. The van der Waals surface area contributed by atoms with Gasteiger partial charge in [-0.2, -0.15) is 0 Å². The number of hydrogen-bond acceptors (Lipinski definition) is 2. The Morgan fingerprint density at radius 1 is 1.17 bits per heavy atom. The second-order valence-corrected chi connectivity index (χ2v) is 6.46. The number of benzene rings is 2. The van der Waals surface area contributed by atoms with Gasteiger partial charge in [-0.3, -0.25) is 9.69 Å². The number of nitrogens with zero attached hydrogens (tertiary/aromatic N) is 1. The summed E-state index contributed by atoms with van der Waals surface area (Å²) >= 11 is 0. The minimum atomic E-state index is -0.230. The summed E-state index contributed by atoms with van der Waals surface area (Å²) in [4.78, 5) is 14.6. The van der Waals surface area contributed by atoms with Gasteiger partial charge in [0.15, 0.2) is 0 Å². The van der Waals surface area contributed by atoms with E-state index in [0.29, 0.717) is 19.1 Å². The minimum Gasteiger partial charge on any atom is -0.348 e. The van der Waals surface area contributed by atoms with E-state index in [-0.39, 0.29) is 17.8 Å². The molecule has 0 heterocycles. The average Bonchev–Trinajstić information content (AvgIpc) is 3.42. The SMILES string of the molecule is C[C@H](NC(=O)CN(Cc1ccc(F)cc1)C1CC1)c1ccccc1. The summed E-state index contributed by atoms with van der Waals surface area (Å²) in [6, 6.07) is 16.9. The van der Waals surface area contributed by atoms with Crippen molar-refractivity contribution in [3.8, 4) is 0 Å². The lowest BCUT2D eigenvalue weighted by Crippen LogP contribution is -2.39. The fourth-order valence-corrected chi connectivity index (χ4v) is 2.87. The predicted octanol–water partition coefficient (Wildman–Crippen LogP) is 3.67. The zero-order valence-electron chi connectivity index (χ0n) is 13.9. The van der Waals surface area contributed by atoms with E-state index in [0.717, 1.165) is 24.0 Å². The lowest BCUT2D eigenvalue weighted by molar-refractivity contribution is -0.123. The molecule has 0 spiro atoms. The van der Waals surface area contributed by atoms with Crippen molar-refractivity contribution in [2.24, 2.45) is 0 Å². The maximum Gasteiger partial charge on any atom is 0.234 e. The lowest BCUT2D eigenvalue weighted by Gasteiger charge is -2.23. The molecule has 24 heavy (non-hydrogen) atoms. The van der Waals surface area contributed by atoms with Gasteiger partial charge in [0.2, 0.25) is 5.91 Å². The molecule has 1 atom stereocenters. The normalized spacial score (nSPS) is 15.3. The first kappa shape index (κ1) is 16.7. The number of nitrogens with one attached hydrogen (secondary N) is 1. The fourth-order valence-electron chi connectivity index (χ4n) is 2.87. The van der Waals surface area contributed by atoms with Crippen LogP contribution >= 0.6 is 0 Å². The molecule has 1 N–H and O–H groups in total. The summed E-state index contributed by atoms with van der Waals surface area (Å²) < 4.78 is 13.0. The van der Waals surface area contributed by atoms with E-state index in [2.05, 4.69) is 10.2 Å². The third-order valence-electron chi connectivity index (χ3n) is 4.39. The molecule has 126 valence electrons. The van der Waals surface area contributed by atoms with E-state index in [1.54, 1.807) is 12.1 Å². The van der Waals surface area contributed by atoms with Gasteiger partial charge in [-0.05, 0) is 43.0 Å². The van der Waals surface area contributed by atoms with Gasteiger partial charge in [0, 0.05) is 12.6 Å². The Kier molecular flexibility index (Phi) is 5.26. The van der Waals surface area contributed by atoms with Gasteiger partial charge in [-0.25, -0.2) is 4.39 Å². The summed E-state index contributed by atoms with van der Waals surface area (Å²) in [6.45, 7) is 3.05. The molecule has 2 aromatic rings. The first-order valence-electron chi connectivity index (χ1n) is 8.44. The molecule has 3 rings (SSSR count). The molecule has 0 aromatic heterocycles. The molecule has 0 bridgehead atoms.